The fraction of sp³-hybridized carbons (Fsp3) is 0.316. The number of benzene rings is 2. The largest absolute Gasteiger partial charge is 0.461 e. The second kappa shape index (κ2) is 8.22. The van der Waals surface area contributed by atoms with Crippen LogP contribution in [0.5, 0.6) is 0 Å². The molecule has 0 aliphatic heterocycles. The predicted octanol–water partition coefficient (Wildman–Crippen LogP) is 3.72. The summed E-state index contributed by atoms with van der Waals surface area (Å²) >= 11 is 1.36. The van der Waals surface area contributed by atoms with E-state index in [1.807, 2.05) is 49.4 Å². The van der Waals surface area contributed by atoms with Crippen molar-refractivity contribution in [3.63, 3.8) is 0 Å². The molecule has 0 aliphatic carbocycles. The summed E-state index contributed by atoms with van der Waals surface area (Å²) in [5.41, 5.74) is 8.55. The third-order valence-electron chi connectivity index (χ3n) is 3.42. The summed E-state index contributed by atoms with van der Waals surface area (Å²) < 4.78 is 5.18. The van der Waals surface area contributed by atoms with Gasteiger partial charge in [-0.15, -0.1) is 11.8 Å². The topological polar surface area (TPSA) is 72.5 Å². The zero-order valence-corrected chi connectivity index (χ0v) is 14.9. The van der Waals surface area contributed by atoms with Gasteiger partial charge in [0.15, 0.2) is 6.10 Å². The van der Waals surface area contributed by atoms with Crippen molar-refractivity contribution in [1.29, 1.82) is 0 Å². The molecule has 0 heterocycles. The van der Waals surface area contributed by atoms with Crippen molar-refractivity contribution in [1.82, 2.24) is 0 Å². The van der Waals surface area contributed by atoms with E-state index in [4.69, 9.17) is 10.5 Å². The Morgan fingerprint density at radius 3 is 2.50 bits per heavy atom. The van der Waals surface area contributed by atoms with Gasteiger partial charge in [-0.05, 0) is 38.5 Å². The molecule has 24 heavy (non-hydrogen) atoms. The van der Waals surface area contributed by atoms with Crippen LogP contribution in [0.4, 0.5) is 5.69 Å². The maximum atomic E-state index is 12.2. The lowest BCUT2D eigenvalue weighted by Crippen LogP contribution is -2.30. The number of aliphatic hydroxyl groups is 1. The minimum atomic E-state index is -1.28. The Bertz CT molecular complexity index is 703. The van der Waals surface area contributed by atoms with Gasteiger partial charge in [0.05, 0.1) is 11.4 Å². The van der Waals surface area contributed by atoms with Crippen LogP contribution in [0.25, 0.3) is 0 Å². The molecule has 4 nitrogen and oxygen atoms in total. The van der Waals surface area contributed by atoms with Crippen LogP contribution in [0.1, 0.15) is 30.2 Å². The van der Waals surface area contributed by atoms with Gasteiger partial charge in [0.2, 0.25) is 0 Å². The van der Waals surface area contributed by atoms with Gasteiger partial charge >= 0.3 is 5.97 Å². The lowest BCUT2D eigenvalue weighted by atomic mass is 10.0. The number of para-hydroxylation sites is 1. The first-order valence-electron chi connectivity index (χ1n) is 7.84. The molecule has 2 aromatic rings. The normalized spacial score (nSPS) is 13.5. The number of hydrogen-bond acceptors (Lipinski definition) is 5. The average Bonchev–Trinajstić information content (AvgIpc) is 2.53. The van der Waals surface area contributed by atoms with E-state index in [9.17, 15) is 9.90 Å². The first-order valence-corrected chi connectivity index (χ1v) is 8.72. The molecule has 2 atom stereocenters. The first-order chi connectivity index (χ1) is 11.4. The number of aliphatic hydroxyl groups excluding tert-OH is 1. The van der Waals surface area contributed by atoms with Gasteiger partial charge in [-0.3, -0.25) is 0 Å². The Labute approximate surface area is 147 Å². The standard InChI is InChI=1S/C19H23NO3S/c1-12(2)23-19(22)17(21)18(14-8-6-7-13(3)11-14)24-16-10-5-4-9-15(16)20/h4-12,17-18,21H,20H2,1-3H3. The van der Waals surface area contributed by atoms with Gasteiger partial charge in [-0.2, -0.15) is 0 Å². The number of nitrogens with two attached hydrogens (primary N) is 1. The fourth-order valence-corrected chi connectivity index (χ4v) is 3.47. The van der Waals surface area contributed by atoms with Crippen molar-refractivity contribution in [2.45, 2.75) is 43.1 Å². The van der Waals surface area contributed by atoms with Crippen molar-refractivity contribution in [2.75, 3.05) is 5.73 Å². The number of hydrogen-bond donors (Lipinski definition) is 2. The number of esters is 1. The van der Waals surface area contributed by atoms with Gasteiger partial charge < -0.3 is 15.6 Å². The summed E-state index contributed by atoms with van der Waals surface area (Å²) in [5, 5.41) is 10.1. The van der Waals surface area contributed by atoms with Crippen LogP contribution in [0, 0.1) is 6.92 Å². The van der Waals surface area contributed by atoms with Crippen LogP contribution in [0.3, 0.4) is 0 Å². The molecule has 0 fully saturated rings. The van der Waals surface area contributed by atoms with E-state index in [0.717, 1.165) is 16.0 Å². The minimum Gasteiger partial charge on any atom is -0.461 e. The molecule has 2 unspecified atom stereocenters. The smallest absolute Gasteiger partial charge is 0.336 e. The lowest BCUT2D eigenvalue weighted by Gasteiger charge is -2.23. The lowest BCUT2D eigenvalue weighted by molar-refractivity contribution is -0.157. The van der Waals surface area contributed by atoms with E-state index in [2.05, 4.69) is 0 Å². The number of thioether (sulfide) groups is 1. The Morgan fingerprint density at radius 1 is 1.17 bits per heavy atom. The summed E-state index contributed by atoms with van der Waals surface area (Å²) in [6.07, 6.45) is -1.56. The average molecular weight is 345 g/mol. The third kappa shape index (κ3) is 4.76. The number of anilines is 1. The number of nitrogen functional groups attached to an aromatic ring is 1. The van der Waals surface area contributed by atoms with E-state index < -0.39 is 17.3 Å². The summed E-state index contributed by atoms with van der Waals surface area (Å²) in [7, 11) is 0. The zero-order chi connectivity index (χ0) is 17.7. The predicted molar refractivity (Wildman–Crippen MR) is 97.9 cm³/mol. The summed E-state index contributed by atoms with van der Waals surface area (Å²) in [6.45, 7) is 5.49. The maximum Gasteiger partial charge on any atom is 0.336 e. The molecule has 0 amide bonds. The van der Waals surface area contributed by atoms with Gasteiger partial charge in [0.1, 0.15) is 0 Å². The van der Waals surface area contributed by atoms with Crippen molar-refractivity contribution in [3.8, 4) is 0 Å². The van der Waals surface area contributed by atoms with Crippen LogP contribution in [-0.2, 0) is 9.53 Å². The van der Waals surface area contributed by atoms with Crippen LogP contribution in [0.15, 0.2) is 53.4 Å². The van der Waals surface area contributed by atoms with E-state index in [1.165, 1.54) is 11.8 Å². The monoisotopic (exact) mass is 345 g/mol. The highest BCUT2D eigenvalue weighted by Crippen LogP contribution is 2.40. The van der Waals surface area contributed by atoms with Crippen LogP contribution < -0.4 is 5.73 Å². The molecule has 0 bridgehead atoms. The SMILES string of the molecule is Cc1cccc(C(Sc2ccccc2N)C(O)C(=O)OC(C)C)c1. The van der Waals surface area contributed by atoms with E-state index in [1.54, 1.807) is 19.9 Å². The van der Waals surface area contributed by atoms with Crippen LogP contribution >= 0.6 is 11.8 Å². The molecule has 5 heteroatoms. The molecule has 128 valence electrons. The van der Waals surface area contributed by atoms with E-state index >= 15 is 0 Å². The second-order valence-corrected chi connectivity index (χ2v) is 7.10. The molecule has 0 saturated heterocycles. The van der Waals surface area contributed by atoms with Gasteiger partial charge in [-0.1, -0.05) is 42.0 Å². The van der Waals surface area contributed by atoms with Crippen molar-refractivity contribution in [3.05, 3.63) is 59.7 Å². The highest BCUT2D eigenvalue weighted by atomic mass is 32.2. The number of carbonyl (C=O) groups is 1. The van der Waals surface area contributed by atoms with Gasteiger partial charge in [0.25, 0.3) is 0 Å². The number of rotatable bonds is 6. The Balaban J connectivity index is 2.34. The molecular weight excluding hydrogens is 322 g/mol. The molecule has 0 spiro atoms. The second-order valence-electron chi connectivity index (χ2n) is 5.92. The molecule has 3 N–H and O–H groups in total. The Morgan fingerprint density at radius 2 is 1.88 bits per heavy atom. The third-order valence-corrected chi connectivity index (χ3v) is 4.83. The minimum absolute atomic E-state index is 0.280. The van der Waals surface area contributed by atoms with Crippen LogP contribution in [-0.4, -0.2) is 23.3 Å². The fourth-order valence-electron chi connectivity index (χ4n) is 2.31. The van der Waals surface area contributed by atoms with E-state index in [0.29, 0.717) is 5.69 Å². The van der Waals surface area contributed by atoms with Gasteiger partial charge in [0, 0.05) is 10.6 Å². The van der Waals surface area contributed by atoms with Crippen molar-refractivity contribution < 1.29 is 14.6 Å². The molecule has 0 aliphatic rings. The maximum absolute atomic E-state index is 12.2. The zero-order valence-electron chi connectivity index (χ0n) is 14.1. The highest BCUT2D eigenvalue weighted by Gasteiger charge is 2.31. The number of ether oxygens (including phenoxy) is 1. The van der Waals surface area contributed by atoms with Crippen molar-refractivity contribution >= 4 is 23.4 Å². The molecular formula is C19H23NO3S. The van der Waals surface area contributed by atoms with Crippen molar-refractivity contribution in [2.24, 2.45) is 0 Å². The van der Waals surface area contributed by atoms with Crippen LogP contribution in [0.2, 0.25) is 0 Å². The molecule has 0 aromatic heterocycles. The number of carbonyl (C=O) groups excluding carboxylic acids is 1. The van der Waals surface area contributed by atoms with Gasteiger partial charge in [-0.25, -0.2) is 4.79 Å². The summed E-state index contributed by atoms with van der Waals surface area (Å²) in [5.74, 6) is -0.626. The first kappa shape index (κ1) is 18.4. The molecule has 0 radical (unpaired) electrons. The quantitative estimate of drug-likeness (QED) is 0.474. The summed E-state index contributed by atoms with van der Waals surface area (Å²) in [6, 6.07) is 15.2. The summed E-state index contributed by atoms with van der Waals surface area (Å²) in [4.78, 5) is 13.0. The number of aryl methyl sites for hydroxylation is 1. The molecule has 2 aromatic carbocycles. The molecule has 0 saturated carbocycles. The van der Waals surface area contributed by atoms with E-state index in [-0.39, 0.29) is 6.10 Å². The molecule has 2 rings (SSSR count). The Hall–Kier alpha value is -1.98. The highest BCUT2D eigenvalue weighted by molar-refractivity contribution is 7.99. The Kier molecular flexibility index (Phi) is 6.29.